The highest BCUT2D eigenvalue weighted by Crippen LogP contribution is 2.42. The zero-order valence-electron chi connectivity index (χ0n) is 21.3. The molecule has 34 heavy (non-hydrogen) atoms. The van der Waals surface area contributed by atoms with Gasteiger partial charge < -0.3 is 18.9 Å². The molecule has 0 radical (unpaired) electrons. The average molecular weight is 491 g/mol. The quantitative estimate of drug-likeness (QED) is 0.514. The van der Waals surface area contributed by atoms with E-state index in [4.69, 9.17) is 18.9 Å². The van der Waals surface area contributed by atoms with Crippen molar-refractivity contribution in [1.82, 2.24) is 9.80 Å². The molecule has 188 valence electrons. The van der Waals surface area contributed by atoms with Crippen LogP contribution in [0, 0.1) is 0 Å². The van der Waals surface area contributed by atoms with E-state index in [9.17, 15) is 0 Å². The molecule has 2 aliphatic rings. The van der Waals surface area contributed by atoms with E-state index in [0.29, 0.717) is 12.1 Å². The van der Waals surface area contributed by atoms with Crippen molar-refractivity contribution in [2.24, 2.45) is 0 Å². The minimum absolute atomic E-state index is 0. The van der Waals surface area contributed by atoms with Gasteiger partial charge in [-0.2, -0.15) is 0 Å². The maximum atomic E-state index is 5.61. The van der Waals surface area contributed by atoms with Crippen LogP contribution in [-0.2, 0) is 12.8 Å². The number of rotatable bonds is 8. The zero-order chi connectivity index (χ0) is 23.5. The predicted octanol–water partition coefficient (Wildman–Crippen LogP) is 5.07. The maximum absolute atomic E-state index is 5.61. The lowest BCUT2D eigenvalue weighted by molar-refractivity contribution is 0.188. The van der Waals surface area contributed by atoms with E-state index in [0.717, 1.165) is 68.2 Å². The van der Waals surface area contributed by atoms with Crippen molar-refractivity contribution in [3.05, 3.63) is 46.5 Å². The summed E-state index contributed by atoms with van der Waals surface area (Å²) >= 11 is 0. The van der Waals surface area contributed by atoms with Crippen LogP contribution in [0.3, 0.4) is 0 Å². The van der Waals surface area contributed by atoms with Crippen LogP contribution in [0.15, 0.2) is 24.3 Å². The van der Waals surface area contributed by atoms with Gasteiger partial charge in [-0.05, 0) is 92.7 Å². The van der Waals surface area contributed by atoms with Crippen LogP contribution in [-0.4, -0.2) is 65.4 Å². The summed E-state index contributed by atoms with van der Waals surface area (Å²) in [4.78, 5) is 4.97. The molecule has 0 saturated carbocycles. The van der Waals surface area contributed by atoms with Crippen LogP contribution in [0.1, 0.15) is 53.6 Å². The van der Waals surface area contributed by atoms with Gasteiger partial charge in [-0.3, -0.25) is 9.80 Å². The summed E-state index contributed by atoms with van der Waals surface area (Å²) in [5.41, 5.74) is 5.52. The summed E-state index contributed by atoms with van der Waals surface area (Å²) in [7, 11) is 11.3. The molecule has 6 nitrogen and oxygen atoms in total. The van der Waals surface area contributed by atoms with Crippen LogP contribution in [0.5, 0.6) is 23.0 Å². The Kier molecular flexibility index (Phi) is 8.96. The first kappa shape index (κ1) is 26.5. The second-order valence-corrected chi connectivity index (χ2v) is 9.24. The Morgan fingerprint density at radius 2 is 1.00 bits per heavy atom. The highest BCUT2D eigenvalue weighted by Gasteiger charge is 2.29. The Labute approximate surface area is 210 Å². The largest absolute Gasteiger partial charge is 0.493 e. The van der Waals surface area contributed by atoms with Gasteiger partial charge in [-0.15, -0.1) is 12.4 Å². The second-order valence-electron chi connectivity index (χ2n) is 9.24. The summed E-state index contributed by atoms with van der Waals surface area (Å²) in [5, 5.41) is 0. The average Bonchev–Trinajstić information content (AvgIpc) is 2.84. The topological polar surface area (TPSA) is 43.4 Å². The highest BCUT2D eigenvalue weighted by atomic mass is 35.5. The molecular weight excluding hydrogens is 452 g/mol. The number of halogens is 1. The molecule has 0 spiro atoms. The van der Waals surface area contributed by atoms with E-state index in [1.165, 1.54) is 22.3 Å². The molecule has 0 aromatic heterocycles. The molecule has 0 amide bonds. The monoisotopic (exact) mass is 490 g/mol. The SMILES string of the molecule is COc1cc2c(cc1OC)C(CCCC1c3cc(OC)c(OC)cc3CCN1C)N(C)CC2.Cl. The van der Waals surface area contributed by atoms with Crippen LogP contribution in [0.4, 0.5) is 0 Å². The smallest absolute Gasteiger partial charge is 0.161 e. The molecule has 2 heterocycles. The van der Waals surface area contributed by atoms with E-state index in [-0.39, 0.29) is 12.4 Å². The van der Waals surface area contributed by atoms with Gasteiger partial charge in [0.2, 0.25) is 0 Å². The Morgan fingerprint density at radius 1 is 0.647 bits per heavy atom. The number of likely N-dealkylation sites (N-methyl/N-ethyl adjacent to an activating group) is 2. The summed E-state index contributed by atoms with van der Waals surface area (Å²) in [6, 6.07) is 9.50. The Balaban J connectivity index is 0.00000324. The van der Waals surface area contributed by atoms with Gasteiger partial charge in [0, 0.05) is 25.2 Å². The van der Waals surface area contributed by atoms with Crippen molar-refractivity contribution in [3.63, 3.8) is 0 Å². The second kappa shape index (κ2) is 11.5. The molecule has 2 aromatic carbocycles. The lowest BCUT2D eigenvalue weighted by Crippen LogP contribution is -2.34. The normalized spacial score (nSPS) is 20.1. The minimum Gasteiger partial charge on any atom is -0.493 e. The molecule has 0 saturated heterocycles. The molecular formula is C27H39ClN2O4. The first-order valence-corrected chi connectivity index (χ1v) is 11.9. The van der Waals surface area contributed by atoms with Crippen molar-refractivity contribution in [2.75, 3.05) is 55.6 Å². The van der Waals surface area contributed by atoms with Crippen molar-refractivity contribution in [2.45, 2.75) is 44.2 Å². The van der Waals surface area contributed by atoms with Gasteiger partial charge in [0.25, 0.3) is 0 Å². The van der Waals surface area contributed by atoms with Crippen molar-refractivity contribution in [1.29, 1.82) is 0 Å². The molecule has 2 aliphatic heterocycles. The van der Waals surface area contributed by atoms with Gasteiger partial charge in [0.15, 0.2) is 23.0 Å². The molecule has 4 rings (SSSR count). The third-order valence-electron chi connectivity index (χ3n) is 7.50. The Bertz CT molecular complexity index is 906. The van der Waals surface area contributed by atoms with Gasteiger partial charge in [0.1, 0.15) is 0 Å². The van der Waals surface area contributed by atoms with Gasteiger partial charge in [-0.1, -0.05) is 0 Å². The molecule has 2 aromatic rings. The lowest BCUT2D eigenvalue weighted by atomic mass is 9.86. The third-order valence-corrected chi connectivity index (χ3v) is 7.50. The van der Waals surface area contributed by atoms with Crippen LogP contribution in [0.25, 0.3) is 0 Å². The van der Waals surface area contributed by atoms with Crippen LogP contribution < -0.4 is 18.9 Å². The first-order chi connectivity index (χ1) is 16.0. The molecule has 0 bridgehead atoms. The number of fused-ring (bicyclic) bond motifs is 2. The fourth-order valence-corrected chi connectivity index (χ4v) is 5.56. The third kappa shape index (κ3) is 5.09. The van der Waals surface area contributed by atoms with E-state index >= 15 is 0 Å². The van der Waals surface area contributed by atoms with Gasteiger partial charge >= 0.3 is 0 Å². The molecule has 2 atom stereocenters. The summed E-state index contributed by atoms with van der Waals surface area (Å²) in [6.07, 6.45) is 5.47. The van der Waals surface area contributed by atoms with Crippen molar-refractivity contribution >= 4 is 12.4 Å². The zero-order valence-corrected chi connectivity index (χ0v) is 22.2. The van der Waals surface area contributed by atoms with E-state index < -0.39 is 0 Å². The fraction of sp³-hybridized carbons (Fsp3) is 0.556. The molecule has 0 aliphatic carbocycles. The lowest BCUT2D eigenvalue weighted by Gasteiger charge is -2.37. The molecule has 0 fully saturated rings. The number of hydrogen-bond acceptors (Lipinski definition) is 6. The van der Waals surface area contributed by atoms with Crippen LogP contribution in [0.2, 0.25) is 0 Å². The minimum atomic E-state index is 0. The number of ether oxygens (including phenoxy) is 4. The van der Waals surface area contributed by atoms with Crippen LogP contribution >= 0.6 is 12.4 Å². The fourth-order valence-electron chi connectivity index (χ4n) is 5.56. The standard InChI is InChI=1S/C27H38N2O4.ClH/c1-28-12-10-18-14-24(30-3)26(32-5)16-20(18)22(28)8-7-9-23-21-17-27(33-6)25(31-4)15-19(21)11-13-29(23)2;/h14-17,22-23H,7-13H2,1-6H3;1H. The molecule has 0 N–H and O–H groups in total. The maximum Gasteiger partial charge on any atom is 0.161 e. The summed E-state index contributed by atoms with van der Waals surface area (Å²) in [5.74, 6) is 3.28. The first-order valence-electron chi connectivity index (χ1n) is 11.9. The van der Waals surface area contributed by atoms with E-state index in [2.05, 4.69) is 48.2 Å². The van der Waals surface area contributed by atoms with Crippen molar-refractivity contribution in [3.8, 4) is 23.0 Å². The van der Waals surface area contributed by atoms with Crippen molar-refractivity contribution < 1.29 is 18.9 Å². The summed E-state index contributed by atoms with van der Waals surface area (Å²) in [6.45, 7) is 2.13. The molecule has 2 unspecified atom stereocenters. The number of methoxy groups -OCH3 is 4. The Hall–Kier alpha value is -2.15. The Morgan fingerprint density at radius 3 is 1.35 bits per heavy atom. The highest BCUT2D eigenvalue weighted by molar-refractivity contribution is 5.85. The van der Waals surface area contributed by atoms with E-state index in [1.807, 2.05) is 0 Å². The number of benzene rings is 2. The summed E-state index contributed by atoms with van der Waals surface area (Å²) < 4.78 is 22.3. The molecule has 7 heteroatoms. The number of nitrogens with zero attached hydrogens (tertiary/aromatic N) is 2. The van der Waals surface area contributed by atoms with E-state index in [1.54, 1.807) is 28.4 Å². The number of hydrogen-bond donors (Lipinski definition) is 0. The van der Waals surface area contributed by atoms with Gasteiger partial charge in [-0.25, -0.2) is 0 Å². The van der Waals surface area contributed by atoms with Gasteiger partial charge in [0.05, 0.1) is 28.4 Å². The predicted molar refractivity (Wildman–Crippen MR) is 138 cm³/mol.